The Morgan fingerprint density at radius 2 is 2.06 bits per heavy atom. The molecule has 2 rings (SSSR count). The highest BCUT2D eigenvalue weighted by molar-refractivity contribution is 9.13. The van der Waals surface area contributed by atoms with Crippen molar-refractivity contribution in [3.8, 4) is 0 Å². The van der Waals surface area contributed by atoms with Gasteiger partial charge in [-0.15, -0.1) is 0 Å². The third kappa shape index (κ3) is 2.00. The molecule has 0 amide bonds. The molecule has 86 valence electrons. The number of hydrogen-bond acceptors (Lipinski definition) is 3. The van der Waals surface area contributed by atoms with Gasteiger partial charge in [-0.1, -0.05) is 15.9 Å². The second-order valence-electron chi connectivity index (χ2n) is 3.27. The molecule has 7 heteroatoms. The Labute approximate surface area is 118 Å². The second-order valence-corrected chi connectivity index (χ2v) is 5.65. The lowest BCUT2D eigenvalue weighted by atomic mass is 10.2. The number of aryl methyl sites for hydroxylation is 1. The van der Waals surface area contributed by atoms with Gasteiger partial charge in [-0.3, -0.25) is 0 Å². The summed E-state index contributed by atoms with van der Waals surface area (Å²) in [6.07, 6.45) is 3.44. The monoisotopic (exact) mass is 410 g/mol. The van der Waals surface area contributed by atoms with Crippen molar-refractivity contribution in [2.75, 3.05) is 11.1 Å². The quantitative estimate of drug-likeness (QED) is 0.788. The third-order valence-electron chi connectivity index (χ3n) is 2.28. The Morgan fingerprint density at radius 1 is 1.31 bits per heavy atom. The highest BCUT2D eigenvalue weighted by Crippen LogP contribution is 2.35. The van der Waals surface area contributed by atoms with E-state index in [2.05, 4.69) is 57.9 Å². The van der Waals surface area contributed by atoms with E-state index in [9.17, 15) is 0 Å². The third-order valence-corrected chi connectivity index (χ3v) is 4.99. The molecule has 0 aliphatic rings. The van der Waals surface area contributed by atoms with Crippen LogP contribution in [0, 0.1) is 0 Å². The molecule has 0 atom stereocenters. The van der Waals surface area contributed by atoms with Gasteiger partial charge in [0.15, 0.2) is 5.82 Å². The molecule has 0 spiro atoms. The zero-order valence-corrected chi connectivity index (χ0v) is 13.0. The average Bonchev–Trinajstić information content (AvgIpc) is 2.51. The van der Waals surface area contributed by atoms with E-state index in [4.69, 9.17) is 5.73 Å². The van der Waals surface area contributed by atoms with Gasteiger partial charge in [-0.2, -0.15) is 5.10 Å². The molecule has 0 bridgehead atoms. The summed E-state index contributed by atoms with van der Waals surface area (Å²) in [5.41, 5.74) is 7.76. The van der Waals surface area contributed by atoms with Crippen LogP contribution in [0.3, 0.4) is 0 Å². The summed E-state index contributed by atoms with van der Waals surface area (Å²) in [5, 5.41) is 5.19. The number of alkyl halides is 1. The summed E-state index contributed by atoms with van der Waals surface area (Å²) in [6.45, 7) is 0. The first-order chi connectivity index (χ1) is 7.66. The van der Waals surface area contributed by atoms with Gasteiger partial charge >= 0.3 is 0 Å². The van der Waals surface area contributed by atoms with Crippen LogP contribution < -0.4 is 5.73 Å². The smallest absolute Gasteiger partial charge is 0.152 e. The molecule has 2 aromatic rings. The number of aromatic nitrogens is 3. The molecule has 0 aliphatic heterocycles. The van der Waals surface area contributed by atoms with Crippen molar-refractivity contribution in [3.63, 3.8) is 0 Å². The molecule has 0 unspecified atom stereocenters. The molecule has 0 fully saturated rings. The Bertz CT molecular complexity index is 523. The van der Waals surface area contributed by atoms with E-state index in [0.29, 0.717) is 5.82 Å². The molecule has 2 aromatic heterocycles. The molecule has 2 N–H and O–H groups in total. The minimum absolute atomic E-state index is 0.479. The highest BCUT2D eigenvalue weighted by Gasteiger charge is 2.17. The van der Waals surface area contributed by atoms with Crippen LogP contribution in [0.4, 0.5) is 5.82 Å². The summed E-state index contributed by atoms with van der Waals surface area (Å²) < 4.78 is 3.75. The van der Waals surface area contributed by atoms with Crippen molar-refractivity contribution in [1.29, 1.82) is 0 Å². The second kappa shape index (κ2) is 5.01. The van der Waals surface area contributed by atoms with Crippen LogP contribution in [0.2, 0.25) is 0 Å². The van der Waals surface area contributed by atoms with Crippen LogP contribution in [0.5, 0.6) is 0 Å². The first-order valence-corrected chi connectivity index (χ1v) is 7.38. The minimum Gasteiger partial charge on any atom is -0.382 e. The van der Waals surface area contributed by atoms with Crippen molar-refractivity contribution < 1.29 is 0 Å². The lowest BCUT2D eigenvalue weighted by Gasteiger charge is -2.01. The number of nitrogens with two attached hydrogens (primary N) is 1. The number of halogens is 3. The standard InChI is InChI=1S/C9H9Br3N4/c10-3-1-2-5-6(11)7(12)8-9(13)14-4-15-16(5)8/h4H,1-3H2,(H2,13,14,15). The Morgan fingerprint density at radius 3 is 2.75 bits per heavy atom. The summed E-state index contributed by atoms with van der Waals surface area (Å²) in [4.78, 5) is 3.99. The van der Waals surface area contributed by atoms with Crippen molar-refractivity contribution >= 4 is 59.1 Å². The average molecular weight is 413 g/mol. The lowest BCUT2D eigenvalue weighted by Crippen LogP contribution is -2.02. The zero-order valence-electron chi connectivity index (χ0n) is 8.25. The van der Waals surface area contributed by atoms with Crippen molar-refractivity contribution in [2.45, 2.75) is 12.8 Å². The molecule has 0 saturated heterocycles. The number of hydrogen-bond donors (Lipinski definition) is 1. The van der Waals surface area contributed by atoms with Gasteiger partial charge in [0.1, 0.15) is 11.8 Å². The van der Waals surface area contributed by atoms with Crippen LogP contribution in [0.25, 0.3) is 5.52 Å². The largest absolute Gasteiger partial charge is 0.382 e. The van der Waals surface area contributed by atoms with E-state index in [1.54, 1.807) is 0 Å². The van der Waals surface area contributed by atoms with Crippen LogP contribution in [0.15, 0.2) is 15.3 Å². The fourth-order valence-electron chi connectivity index (χ4n) is 1.55. The SMILES string of the molecule is Nc1ncnn2c(CCCBr)c(Br)c(Br)c12. The number of nitrogen functional groups attached to an aromatic ring is 1. The molecule has 0 radical (unpaired) electrons. The fraction of sp³-hybridized carbons (Fsp3) is 0.333. The van der Waals surface area contributed by atoms with Crippen LogP contribution >= 0.6 is 47.8 Å². The van der Waals surface area contributed by atoms with E-state index in [0.717, 1.165) is 38.3 Å². The maximum absolute atomic E-state index is 5.84. The van der Waals surface area contributed by atoms with Crippen LogP contribution in [-0.2, 0) is 6.42 Å². The lowest BCUT2D eigenvalue weighted by molar-refractivity contribution is 0.797. The number of fused-ring (bicyclic) bond motifs is 1. The van der Waals surface area contributed by atoms with Crippen LogP contribution in [0.1, 0.15) is 12.1 Å². The maximum Gasteiger partial charge on any atom is 0.152 e. The van der Waals surface area contributed by atoms with Crippen molar-refractivity contribution in [3.05, 3.63) is 21.0 Å². The molecular weight excluding hydrogens is 404 g/mol. The molecular formula is C9H9Br3N4. The van der Waals surface area contributed by atoms with Gasteiger partial charge in [-0.05, 0) is 44.7 Å². The molecule has 2 heterocycles. The van der Waals surface area contributed by atoms with Crippen molar-refractivity contribution in [1.82, 2.24) is 14.6 Å². The normalized spacial score (nSPS) is 11.2. The van der Waals surface area contributed by atoms with Gasteiger partial charge in [0.25, 0.3) is 0 Å². The summed E-state index contributed by atoms with van der Waals surface area (Å²) in [5.74, 6) is 0.479. The van der Waals surface area contributed by atoms with Gasteiger partial charge in [-0.25, -0.2) is 9.50 Å². The Kier molecular flexibility index (Phi) is 3.86. The first kappa shape index (κ1) is 12.3. The topological polar surface area (TPSA) is 56.2 Å². The minimum atomic E-state index is 0.479. The van der Waals surface area contributed by atoms with E-state index in [-0.39, 0.29) is 0 Å². The van der Waals surface area contributed by atoms with Gasteiger partial charge < -0.3 is 5.73 Å². The fourth-order valence-corrected chi connectivity index (χ4v) is 2.98. The molecule has 0 saturated carbocycles. The summed E-state index contributed by atoms with van der Waals surface area (Å²) in [6, 6.07) is 0. The van der Waals surface area contributed by atoms with Gasteiger partial charge in [0.2, 0.25) is 0 Å². The zero-order chi connectivity index (χ0) is 11.7. The molecule has 4 nitrogen and oxygen atoms in total. The number of rotatable bonds is 3. The van der Waals surface area contributed by atoms with Crippen molar-refractivity contribution in [2.24, 2.45) is 0 Å². The van der Waals surface area contributed by atoms with Crippen LogP contribution in [-0.4, -0.2) is 19.9 Å². The number of nitrogens with zero attached hydrogens (tertiary/aromatic N) is 3. The van der Waals surface area contributed by atoms with E-state index in [1.807, 2.05) is 4.52 Å². The predicted octanol–water partition coefficient (Wildman–Crippen LogP) is 3.16. The Hall–Kier alpha value is -0.140. The Balaban J connectivity index is 2.64. The first-order valence-electron chi connectivity index (χ1n) is 4.67. The maximum atomic E-state index is 5.84. The van der Waals surface area contributed by atoms with Gasteiger partial charge in [0.05, 0.1) is 14.6 Å². The summed E-state index contributed by atoms with van der Waals surface area (Å²) >= 11 is 10.5. The predicted molar refractivity (Wildman–Crippen MR) is 74.9 cm³/mol. The van der Waals surface area contributed by atoms with E-state index >= 15 is 0 Å². The van der Waals surface area contributed by atoms with E-state index < -0.39 is 0 Å². The summed E-state index contributed by atoms with van der Waals surface area (Å²) in [7, 11) is 0. The highest BCUT2D eigenvalue weighted by atomic mass is 79.9. The number of anilines is 1. The molecule has 0 aliphatic carbocycles. The van der Waals surface area contributed by atoms with Gasteiger partial charge in [0, 0.05) is 5.33 Å². The molecule has 16 heavy (non-hydrogen) atoms. The van der Waals surface area contributed by atoms with E-state index in [1.165, 1.54) is 6.33 Å². The molecule has 0 aromatic carbocycles.